The first-order valence-corrected chi connectivity index (χ1v) is 33.0. The zero-order valence-corrected chi connectivity index (χ0v) is 52.2. The first-order chi connectivity index (χ1) is 38.4. The Morgan fingerprint density at radius 1 is 0.456 bits per heavy atom. The number of likely N-dealkylation sites (N-methyl/N-ethyl adjacent to an activating group) is 1. The lowest BCUT2D eigenvalue weighted by molar-refractivity contribution is -0.870. The van der Waals surface area contributed by atoms with E-state index in [1.807, 2.05) is 33.3 Å². The van der Waals surface area contributed by atoms with E-state index in [1.54, 1.807) is 0 Å². The van der Waals surface area contributed by atoms with Gasteiger partial charge in [0.15, 0.2) is 0 Å². The lowest BCUT2D eigenvalue weighted by Crippen LogP contribution is -2.47. The van der Waals surface area contributed by atoms with Gasteiger partial charge in [-0.15, -0.1) is 0 Å². The van der Waals surface area contributed by atoms with Crippen LogP contribution < -0.4 is 10.2 Å². The van der Waals surface area contributed by atoms with Gasteiger partial charge in [0.05, 0.1) is 33.8 Å². The number of hydrogen-bond acceptors (Lipinski definition) is 7. The second-order valence-corrected chi connectivity index (χ2v) is 23.2. The monoisotopic (exact) mass is 1120 g/mol. The minimum absolute atomic E-state index is 0.0380. The molecule has 0 saturated heterocycles. The molecule has 9 nitrogen and oxygen atoms in total. The maximum absolute atomic E-state index is 13.5. The van der Waals surface area contributed by atoms with Gasteiger partial charge in [-0.25, -0.2) is 0 Å². The number of hydrogen-bond donors (Lipinski definition) is 1. The van der Waals surface area contributed by atoms with Crippen molar-refractivity contribution in [2.75, 3.05) is 40.9 Å². The average Bonchev–Trinajstić information content (AvgIpc) is 3.41. The summed E-state index contributed by atoms with van der Waals surface area (Å²) in [5.41, 5.74) is 0. The van der Waals surface area contributed by atoms with Crippen molar-refractivity contribution >= 4 is 19.7 Å². The number of esters is 1. The highest BCUT2D eigenvalue weighted by atomic mass is 31.2. The quantitative estimate of drug-likeness (QED) is 0.0212. The first-order valence-electron chi connectivity index (χ1n) is 31.5. The van der Waals surface area contributed by atoms with E-state index in [0.29, 0.717) is 23.9 Å². The van der Waals surface area contributed by atoms with Gasteiger partial charge in [-0.05, 0) is 122 Å². The molecule has 0 bridgehead atoms. The summed E-state index contributed by atoms with van der Waals surface area (Å²) in [6.45, 7) is 6.56. The molecule has 0 aromatic rings. The Morgan fingerprint density at radius 3 is 1.23 bits per heavy atom. The third-order valence-corrected chi connectivity index (χ3v) is 14.0. The van der Waals surface area contributed by atoms with Crippen LogP contribution in [0, 0.1) is 0 Å². The topological polar surface area (TPSA) is 114 Å². The summed E-state index contributed by atoms with van der Waals surface area (Å²) in [7, 11) is 1.14. The van der Waals surface area contributed by atoms with Crippen molar-refractivity contribution in [1.82, 2.24) is 5.32 Å². The molecule has 1 N–H and O–H groups in total. The molecule has 0 aromatic carbocycles. The van der Waals surface area contributed by atoms with Gasteiger partial charge >= 0.3 is 5.97 Å². The average molecular weight is 1120 g/mol. The SMILES string of the molecule is CC/C=C\C/C=C\C/C=C\C/C=C\C/C=C\CCCCCCCCCC(=O)NC(COP(=O)([O-])OCC[N+](C)(C)C)C(/C=C\CCCCCCCCCCC)OC(=O)CCCCC/C=C\C/C=C\C/C=C\C/C=C\C/C=C\CC. The van der Waals surface area contributed by atoms with Crippen LogP contribution in [0.25, 0.3) is 0 Å². The van der Waals surface area contributed by atoms with Crippen molar-refractivity contribution in [3.05, 3.63) is 134 Å². The van der Waals surface area contributed by atoms with E-state index < -0.39 is 26.6 Å². The molecule has 0 fully saturated rings. The fourth-order valence-electron chi connectivity index (χ4n) is 8.28. The molecule has 10 heteroatoms. The van der Waals surface area contributed by atoms with E-state index >= 15 is 0 Å². The number of unbranched alkanes of at least 4 members (excludes halogenated alkanes) is 19. The van der Waals surface area contributed by atoms with Gasteiger partial charge in [-0.2, -0.15) is 0 Å². The van der Waals surface area contributed by atoms with E-state index in [4.69, 9.17) is 13.8 Å². The van der Waals surface area contributed by atoms with Gasteiger partial charge in [0, 0.05) is 12.8 Å². The minimum Gasteiger partial charge on any atom is -0.756 e. The second-order valence-electron chi connectivity index (χ2n) is 21.8. The third-order valence-electron chi connectivity index (χ3n) is 13.1. The van der Waals surface area contributed by atoms with Crippen LogP contribution in [0.1, 0.15) is 239 Å². The van der Waals surface area contributed by atoms with Crippen LogP contribution in [-0.4, -0.2) is 69.4 Å². The molecule has 0 heterocycles. The van der Waals surface area contributed by atoms with Crippen molar-refractivity contribution < 1.29 is 37.3 Å². The zero-order chi connectivity index (χ0) is 57.9. The van der Waals surface area contributed by atoms with Crippen LogP contribution in [-0.2, 0) is 27.9 Å². The third kappa shape index (κ3) is 58.6. The predicted octanol–water partition coefficient (Wildman–Crippen LogP) is 19.0. The van der Waals surface area contributed by atoms with Gasteiger partial charge in [0.1, 0.15) is 19.3 Å². The van der Waals surface area contributed by atoms with Crippen molar-refractivity contribution in [2.24, 2.45) is 0 Å². The predicted molar refractivity (Wildman–Crippen MR) is 339 cm³/mol. The molecule has 1 amide bonds. The van der Waals surface area contributed by atoms with E-state index in [9.17, 15) is 19.0 Å². The van der Waals surface area contributed by atoms with Crippen molar-refractivity contribution in [2.45, 2.75) is 251 Å². The van der Waals surface area contributed by atoms with Gasteiger partial charge in [0.25, 0.3) is 7.82 Å². The lowest BCUT2D eigenvalue weighted by atomic mass is 10.1. The molecule has 79 heavy (non-hydrogen) atoms. The number of amides is 1. The standard InChI is InChI=1S/C69H117N2O7P/c1-7-10-13-16-19-22-25-27-29-31-33-34-35-36-38-39-41-43-46-49-52-55-58-61-68(72)70-66(65-77-79(74,75)76-64-63-71(4,5)6)67(60-57-54-51-48-45-24-21-18-15-12-9-3)78-69(73)62-59-56-53-50-47-44-42-40-37-32-30-28-26-23-20-17-14-11-8-2/h10-11,13-14,19-20,22-23,27-30,33-34,36-38,40,44,47,57,60,66-67H,7-9,12,15-18,21,24-26,31-32,35,39,41-43,45-46,48-56,58-59,61-65H2,1-6H3,(H-,70,72,74,75)/b13-10-,14-11-,22-19-,23-20-,29-27-,30-28-,34-33-,38-36-,40-37-,47-44-,60-57-. The fourth-order valence-corrected chi connectivity index (χ4v) is 9.00. The van der Waals surface area contributed by atoms with Crippen LogP contribution in [0.15, 0.2) is 134 Å². The number of allylic oxidation sites excluding steroid dienone is 21. The number of carbonyl (C=O) groups is 2. The summed E-state index contributed by atoms with van der Waals surface area (Å²) in [6, 6.07) is -0.918. The summed E-state index contributed by atoms with van der Waals surface area (Å²) < 4.78 is 30.3. The molecule has 0 saturated carbocycles. The number of nitrogens with one attached hydrogen (secondary N) is 1. The molecule has 0 rings (SSSR count). The van der Waals surface area contributed by atoms with Crippen LogP contribution in [0.5, 0.6) is 0 Å². The highest BCUT2D eigenvalue weighted by molar-refractivity contribution is 7.45. The van der Waals surface area contributed by atoms with Gasteiger partial charge < -0.3 is 28.5 Å². The molecule has 3 atom stereocenters. The highest BCUT2D eigenvalue weighted by Crippen LogP contribution is 2.38. The molecular formula is C69H117N2O7P. The largest absolute Gasteiger partial charge is 0.756 e. The maximum atomic E-state index is 13.5. The Balaban J connectivity index is 5.28. The number of phosphoric acid groups is 1. The summed E-state index contributed by atoms with van der Waals surface area (Å²) in [4.78, 5) is 40.0. The number of ether oxygens (including phenoxy) is 1. The highest BCUT2D eigenvalue weighted by Gasteiger charge is 2.27. The van der Waals surface area contributed by atoms with E-state index in [0.717, 1.165) is 128 Å². The Bertz CT molecular complexity index is 1810. The molecule has 0 radical (unpaired) electrons. The summed E-state index contributed by atoms with van der Waals surface area (Å²) in [5, 5.41) is 3.01. The Hall–Kier alpha value is -3.85. The van der Waals surface area contributed by atoms with E-state index in [2.05, 4.69) is 148 Å². The zero-order valence-electron chi connectivity index (χ0n) is 51.3. The number of phosphoric ester groups is 1. The maximum Gasteiger partial charge on any atom is 0.306 e. The number of rotatable bonds is 55. The molecule has 0 aliphatic heterocycles. The molecule has 3 unspecified atom stereocenters. The molecule has 0 spiro atoms. The lowest BCUT2D eigenvalue weighted by Gasteiger charge is -2.30. The summed E-state index contributed by atoms with van der Waals surface area (Å²) >= 11 is 0. The van der Waals surface area contributed by atoms with Crippen LogP contribution in [0.2, 0.25) is 0 Å². The Labute approximate surface area is 485 Å². The number of carbonyl (C=O) groups excluding carboxylic acids is 2. The molecule has 0 aliphatic rings. The smallest absolute Gasteiger partial charge is 0.306 e. The minimum atomic E-state index is -4.72. The summed E-state index contributed by atoms with van der Waals surface area (Å²) in [6.07, 6.45) is 81.3. The van der Waals surface area contributed by atoms with Crippen LogP contribution in [0.3, 0.4) is 0 Å². The Morgan fingerprint density at radius 2 is 0.810 bits per heavy atom. The molecule has 0 aliphatic carbocycles. The van der Waals surface area contributed by atoms with Gasteiger partial charge in [-0.3, -0.25) is 14.2 Å². The number of nitrogens with zero attached hydrogens (tertiary/aromatic N) is 1. The first kappa shape index (κ1) is 75.2. The fraction of sp³-hybridized carbons (Fsp3) is 0.652. The molecule has 450 valence electrons. The Kier molecular flexibility index (Phi) is 54.6. The van der Waals surface area contributed by atoms with Crippen molar-refractivity contribution in [3.8, 4) is 0 Å². The van der Waals surface area contributed by atoms with E-state index in [-0.39, 0.29) is 31.3 Å². The van der Waals surface area contributed by atoms with E-state index in [1.165, 1.54) is 64.2 Å². The van der Waals surface area contributed by atoms with Crippen LogP contribution in [0.4, 0.5) is 0 Å². The van der Waals surface area contributed by atoms with Gasteiger partial charge in [0.2, 0.25) is 5.91 Å². The van der Waals surface area contributed by atoms with Gasteiger partial charge in [-0.1, -0.05) is 238 Å². The molecule has 0 aromatic heterocycles. The molecular weight excluding hydrogens is 1000 g/mol. The van der Waals surface area contributed by atoms with Crippen LogP contribution >= 0.6 is 7.82 Å². The van der Waals surface area contributed by atoms with Crippen molar-refractivity contribution in [3.63, 3.8) is 0 Å². The van der Waals surface area contributed by atoms with Crippen molar-refractivity contribution in [1.29, 1.82) is 0 Å². The number of quaternary nitrogens is 1. The second kappa shape index (κ2) is 57.4. The normalized spacial score (nSPS) is 14.6. The summed E-state index contributed by atoms with van der Waals surface area (Å²) in [5.74, 6) is -0.602.